The fraction of sp³-hybridized carbons (Fsp3) is 0. The van der Waals surface area contributed by atoms with Crippen LogP contribution in [-0.4, -0.2) is 4.98 Å². The van der Waals surface area contributed by atoms with Crippen molar-refractivity contribution in [1.29, 1.82) is 0 Å². The molecule has 0 unspecified atom stereocenters. The molecule has 0 aliphatic heterocycles. The highest BCUT2D eigenvalue weighted by atomic mass is 16.3. The first-order valence-corrected chi connectivity index (χ1v) is 6.86. The molecule has 1 aromatic heterocycles. The number of benzene rings is 3. The van der Waals surface area contributed by atoms with Crippen molar-refractivity contribution in [1.82, 2.24) is 4.98 Å². The molecule has 0 saturated carbocycles. The predicted octanol–water partition coefficient (Wildman–Crippen LogP) is 5.29. The molecule has 0 aliphatic rings. The Morgan fingerprint density at radius 3 is 2.52 bits per heavy atom. The highest BCUT2D eigenvalue weighted by molar-refractivity contribution is 6.03. The summed E-state index contributed by atoms with van der Waals surface area (Å²) in [4.78, 5) is 4.67. The summed E-state index contributed by atoms with van der Waals surface area (Å²) in [6.07, 6.45) is 1.82. The maximum Gasteiger partial charge on any atom is 0.227 e. The van der Waals surface area contributed by atoms with Crippen molar-refractivity contribution in [3.05, 3.63) is 72.8 Å². The molecule has 0 N–H and O–H groups in total. The predicted molar refractivity (Wildman–Crippen MR) is 87.0 cm³/mol. The Labute approximate surface area is 122 Å². The molecule has 0 saturated heterocycles. The van der Waals surface area contributed by atoms with Crippen molar-refractivity contribution in [2.75, 3.05) is 0 Å². The molecule has 0 spiro atoms. The van der Waals surface area contributed by atoms with E-state index in [4.69, 9.17) is 4.42 Å². The summed E-state index contributed by atoms with van der Waals surface area (Å²) < 4.78 is 5.90. The van der Waals surface area contributed by atoms with E-state index in [9.17, 15) is 0 Å². The lowest BCUT2D eigenvalue weighted by Crippen LogP contribution is -1.78. The molecule has 0 bridgehead atoms. The average molecular weight is 271 g/mol. The zero-order valence-electron chi connectivity index (χ0n) is 11.4. The molecule has 2 heteroatoms. The molecule has 2 nitrogen and oxygen atoms in total. The largest absolute Gasteiger partial charge is 0.436 e. The third kappa shape index (κ3) is 1.93. The van der Waals surface area contributed by atoms with Gasteiger partial charge in [0.1, 0.15) is 5.52 Å². The maximum absolute atomic E-state index is 5.90. The van der Waals surface area contributed by atoms with Crippen molar-refractivity contribution in [3.63, 3.8) is 0 Å². The minimum Gasteiger partial charge on any atom is -0.436 e. The molecule has 4 aromatic rings. The van der Waals surface area contributed by atoms with Crippen LogP contribution < -0.4 is 0 Å². The number of hydrogen-bond acceptors (Lipinski definition) is 2. The van der Waals surface area contributed by atoms with Crippen LogP contribution in [0.5, 0.6) is 0 Å². The van der Waals surface area contributed by atoms with Crippen molar-refractivity contribution < 1.29 is 4.42 Å². The second kappa shape index (κ2) is 4.60. The first-order valence-electron chi connectivity index (χ1n) is 6.86. The van der Waals surface area contributed by atoms with Gasteiger partial charge in [-0.25, -0.2) is 4.98 Å². The Hall–Kier alpha value is -2.87. The zero-order valence-corrected chi connectivity index (χ0v) is 11.4. The van der Waals surface area contributed by atoms with Gasteiger partial charge < -0.3 is 4.42 Å². The van der Waals surface area contributed by atoms with Crippen LogP contribution in [0.1, 0.15) is 5.56 Å². The molecule has 0 amide bonds. The lowest BCUT2D eigenvalue weighted by molar-refractivity contribution is 0.620. The lowest BCUT2D eigenvalue weighted by Gasteiger charge is -1.96. The summed E-state index contributed by atoms with van der Waals surface area (Å²) in [6.45, 7) is 3.76. The number of rotatable bonds is 2. The Morgan fingerprint density at radius 2 is 1.71 bits per heavy atom. The first kappa shape index (κ1) is 11.9. The van der Waals surface area contributed by atoms with Crippen molar-refractivity contribution in [3.8, 4) is 11.5 Å². The molecule has 100 valence electrons. The van der Waals surface area contributed by atoms with Crippen LogP contribution >= 0.6 is 0 Å². The van der Waals surface area contributed by atoms with E-state index in [1.807, 2.05) is 48.5 Å². The molecular weight excluding hydrogens is 258 g/mol. The molecule has 3 aromatic carbocycles. The van der Waals surface area contributed by atoms with E-state index in [1.54, 1.807) is 0 Å². The third-order valence-electron chi connectivity index (χ3n) is 3.68. The van der Waals surface area contributed by atoms with Gasteiger partial charge in [-0.1, -0.05) is 55.1 Å². The van der Waals surface area contributed by atoms with Gasteiger partial charge in [0.05, 0.1) is 0 Å². The Morgan fingerprint density at radius 1 is 0.905 bits per heavy atom. The first-order chi connectivity index (χ1) is 10.3. The van der Waals surface area contributed by atoms with Crippen molar-refractivity contribution >= 4 is 27.9 Å². The molecule has 0 radical (unpaired) electrons. The lowest BCUT2D eigenvalue weighted by atomic mass is 10.1. The summed E-state index contributed by atoms with van der Waals surface area (Å²) in [5.74, 6) is 0.650. The van der Waals surface area contributed by atoms with E-state index in [2.05, 4.69) is 29.8 Å². The van der Waals surface area contributed by atoms with E-state index >= 15 is 0 Å². The van der Waals surface area contributed by atoms with Gasteiger partial charge in [0.25, 0.3) is 0 Å². The Bertz CT molecular complexity index is 948. The normalized spacial score (nSPS) is 11.0. The molecule has 21 heavy (non-hydrogen) atoms. The van der Waals surface area contributed by atoms with Gasteiger partial charge in [-0.15, -0.1) is 0 Å². The van der Waals surface area contributed by atoms with Gasteiger partial charge in [-0.2, -0.15) is 0 Å². The number of nitrogens with zero attached hydrogens (tertiary/aromatic N) is 1. The SMILES string of the molecule is C=Cc1ccc(-c2nc3c(ccc4ccccc43)o2)cc1. The third-order valence-corrected chi connectivity index (χ3v) is 3.68. The topological polar surface area (TPSA) is 26.0 Å². The summed E-state index contributed by atoms with van der Waals surface area (Å²) in [7, 11) is 0. The minimum absolute atomic E-state index is 0.650. The van der Waals surface area contributed by atoms with Crippen LogP contribution in [-0.2, 0) is 0 Å². The van der Waals surface area contributed by atoms with Gasteiger partial charge in [0.2, 0.25) is 5.89 Å². The second-order valence-corrected chi connectivity index (χ2v) is 4.98. The van der Waals surface area contributed by atoms with E-state index in [0.29, 0.717) is 5.89 Å². The summed E-state index contributed by atoms with van der Waals surface area (Å²) in [5.41, 5.74) is 3.79. The molecule has 4 rings (SSSR count). The number of hydrogen-bond donors (Lipinski definition) is 0. The second-order valence-electron chi connectivity index (χ2n) is 4.98. The molecule has 1 heterocycles. The summed E-state index contributed by atoms with van der Waals surface area (Å²) in [6, 6.07) is 20.3. The van der Waals surface area contributed by atoms with Gasteiger partial charge in [0, 0.05) is 10.9 Å². The van der Waals surface area contributed by atoms with Crippen LogP contribution in [0.3, 0.4) is 0 Å². The number of oxazole rings is 1. The Kier molecular flexibility index (Phi) is 2.61. The van der Waals surface area contributed by atoms with Crippen LogP contribution in [0, 0.1) is 0 Å². The van der Waals surface area contributed by atoms with E-state index in [-0.39, 0.29) is 0 Å². The molecule has 0 fully saturated rings. The van der Waals surface area contributed by atoms with Gasteiger partial charge in [0.15, 0.2) is 5.58 Å². The quantitative estimate of drug-likeness (QED) is 0.495. The minimum atomic E-state index is 0.650. The van der Waals surface area contributed by atoms with Gasteiger partial charge >= 0.3 is 0 Å². The van der Waals surface area contributed by atoms with Gasteiger partial charge in [-0.05, 0) is 29.1 Å². The van der Waals surface area contributed by atoms with Crippen molar-refractivity contribution in [2.45, 2.75) is 0 Å². The number of fused-ring (bicyclic) bond motifs is 3. The molecular formula is C19H13NO. The smallest absolute Gasteiger partial charge is 0.227 e. The van der Waals surface area contributed by atoms with E-state index < -0.39 is 0 Å². The highest BCUT2D eigenvalue weighted by Crippen LogP contribution is 2.29. The highest BCUT2D eigenvalue weighted by Gasteiger charge is 2.10. The standard InChI is InChI=1S/C19H13NO/c1-2-13-7-9-15(10-8-13)19-20-18-16-6-4-3-5-14(16)11-12-17(18)21-19/h2-12H,1H2. The van der Waals surface area contributed by atoms with E-state index in [1.165, 1.54) is 5.39 Å². The summed E-state index contributed by atoms with van der Waals surface area (Å²) in [5, 5.41) is 2.29. The van der Waals surface area contributed by atoms with Crippen LogP contribution in [0.4, 0.5) is 0 Å². The average Bonchev–Trinajstić information content (AvgIpc) is 2.99. The zero-order chi connectivity index (χ0) is 14.2. The monoisotopic (exact) mass is 271 g/mol. The fourth-order valence-corrected chi connectivity index (χ4v) is 2.55. The molecule has 0 atom stereocenters. The maximum atomic E-state index is 5.90. The fourth-order valence-electron chi connectivity index (χ4n) is 2.55. The van der Waals surface area contributed by atoms with Crippen LogP contribution in [0.15, 0.2) is 71.7 Å². The van der Waals surface area contributed by atoms with Crippen molar-refractivity contribution in [2.24, 2.45) is 0 Å². The summed E-state index contributed by atoms with van der Waals surface area (Å²) >= 11 is 0. The Balaban J connectivity index is 1.93. The molecule has 0 aliphatic carbocycles. The van der Waals surface area contributed by atoms with Gasteiger partial charge in [-0.3, -0.25) is 0 Å². The van der Waals surface area contributed by atoms with Crippen LogP contribution in [0.2, 0.25) is 0 Å². The van der Waals surface area contributed by atoms with Crippen LogP contribution in [0.25, 0.3) is 39.4 Å². The number of aromatic nitrogens is 1. The van der Waals surface area contributed by atoms with E-state index in [0.717, 1.165) is 27.6 Å².